The van der Waals surface area contributed by atoms with Crippen LogP contribution in [0.1, 0.15) is 35.6 Å². The van der Waals surface area contributed by atoms with E-state index in [1.165, 1.54) is 16.7 Å². The number of hydrogen-bond acceptors (Lipinski definition) is 1. The minimum Gasteiger partial charge on any atom is -0.323 e. The molecule has 2 N–H and O–H groups in total. The zero-order valence-corrected chi connectivity index (χ0v) is 10.4. The zero-order valence-electron chi connectivity index (χ0n) is 10.4. The molecule has 88 valence electrons. The smallest absolute Gasteiger partial charge is 0.0361 e. The van der Waals surface area contributed by atoms with Gasteiger partial charge >= 0.3 is 0 Å². The molecule has 0 spiro atoms. The molecule has 0 aliphatic heterocycles. The molecule has 0 aromatic heterocycles. The molecule has 2 atom stereocenters. The van der Waals surface area contributed by atoms with E-state index in [-0.39, 0.29) is 6.04 Å². The van der Waals surface area contributed by atoms with E-state index < -0.39 is 0 Å². The lowest BCUT2D eigenvalue weighted by Gasteiger charge is -2.20. The number of nitrogens with two attached hydrogens (primary N) is 1. The van der Waals surface area contributed by atoms with Crippen LogP contribution >= 0.6 is 0 Å². The molecule has 0 saturated carbocycles. The third-order valence-electron chi connectivity index (χ3n) is 3.33. The highest BCUT2D eigenvalue weighted by atomic mass is 14.6. The Labute approximate surface area is 103 Å². The topological polar surface area (TPSA) is 26.0 Å². The molecular formula is C16H19N. The summed E-state index contributed by atoms with van der Waals surface area (Å²) in [6.07, 6.45) is 0. The van der Waals surface area contributed by atoms with E-state index in [1.807, 2.05) is 18.2 Å². The first-order valence-electron chi connectivity index (χ1n) is 6.05. The van der Waals surface area contributed by atoms with Crippen LogP contribution in [0.4, 0.5) is 0 Å². The first kappa shape index (κ1) is 11.9. The molecule has 2 rings (SSSR count). The Morgan fingerprint density at radius 3 is 2.00 bits per heavy atom. The number of hydrogen-bond donors (Lipinski definition) is 1. The maximum atomic E-state index is 6.31. The Bertz CT molecular complexity index is 459. The monoisotopic (exact) mass is 225 g/mol. The quantitative estimate of drug-likeness (QED) is 0.844. The Kier molecular flexibility index (Phi) is 3.60. The lowest BCUT2D eigenvalue weighted by Crippen LogP contribution is -2.17. The normalized spacial score (nSPS) is 14.3. The lowest BCUT2D eigenvalue weighted by atomic mass is 9.89. The van der Waals surface area contributed by atoms with Crippen LogP contribution in [0.25, 0.3) is 0 Å². The molecule has 0 radical (unpaired) electrons. The largest absolute Gasteiger partial charge is 0.323 e. The third-order valence-corrected chi connectivity index (χ3v) is 3.33. The van der Waals surface area contributed by atoms with Gasteiger partial charge in [0, 0.05) is 12.0 Å². The second-order valence-corrected chi connectivity index (χ2v) is 4.64. The van der Waals surface area contributed by atoms with E-state index in [9.17, 15) is 0 Å². The van der Waals surface area contributed by atoms with Crippen LogP contribution in [0.2, 0.25) is 0 Å². The van der Waals surface area contributed by atoms with Crippen LogP contribution in [0, 0.1) is 6.92 Å². The molecule has 0 fully saturated rings. The Morgan fingerprint density at radius 1 is 0.824 bits per heavy atom. The van der Waals surface area contributed by atoms with Crippen molar-refractivity contribution >= 4 is 0 Å². The maximum Gasteiger partial charge on any atom is 0.0361 e. The Hall–Kier alpha value is -1.60. The van der Waals surface area contributed by atoms with Gasteiger partial charge in [-0.15, -0.1) is 0 Å². The predicted octanol–water partition coefficient (Wildman–Crippen LogP) is 3.80. The second kappa shape index (κ2) is 5.15. The molecular weight excluding hydrogens is 206 g/mol. The molecule has 2 aromatic carbocycles. The van der Waals surface area contributed by atoms with Gasteiger partial charge in [0.15, 0.2) is 0 Å². The molecule has 0 bridgehead atoms. The van der Waals surface area contributed by atoms with E-state index in [4.69, 9.17) is 5.73 Å². The van der Waals surface area contributed by atoms with Crippen molar-refractivity contribution in [1.29, 1.82) is 0 Å². The maximum absolute atomic E-state index is 6.31. The van der Waals surface area contributed by atoms with Gasteiger partial charge in [-0.05, 0) is 18.1 Å². The highest BCUT2D eigenvalue weighted by molar-refractivity contribution is 5.29. The van der Waals surface area contributed by atoms with Crippen molar-refractivity contribution in [3.63, 3.8) is 0 Å². The van der Waals surface area contributed by atoms with E-state index >= 15 is 0 Å². The van der Waals surface area contributed by atoms with Crippen LogP contribution in [-0.2, 0) is 0 Å². The molecule has 0 saturated heterocycles. The fourth-order valence-corrected chi connectivity index (χ4v) is 2.04. The standard InChI is InChI=1S/C16H19N/c1-12-8-10-14(11-9-12)13(2)16(17)15-6-4-3-5-7-15/h3-11,13,16H,17H2,1-2H3. The van der Waals surface area contributed by atoms with Crippen molar-refractivity contribution < 1.29 is 0 Å². The van der Waals surface area contributed by atoms with Crippen molar-refractivity contribution in [2.75, 3.05) is 0 Å². The second-order valence-electron chi connectivity index (χ2n) is 4.64. The summed E-state index contributed by atoms with van der Waals surface area (Å²) in [5, 5.41) is 0. The van der Waals surface area contributed by atoms with E-state index in [1.54, 1.807) is 0 Å². The summed E-state index contributed by atoms with van der Waals surface area (Å²) in [7, 11) is 0. The van der Waals surface area contributed by atoms with Gasteiger partial charge in [-0.25, -0.2) is 0 Å². The Morgan fingerprint density at radius 2 is 1.41 bits per heavy atom. The van der Waals surface area contributed by atoms with Crippen LogP contribution in [0.5, 0.6) is 0 Å². The van der Waals surface area contributed by atoms with Gasteiger partial charge in [0.05, 0.1) is 0 Å². The minimum atomic E-state index is 0.0545. The molecule has 17 heavy (non-hydrogen) atoms. The van der Waals surface area contributed by atoms with Crippen molar-refractivity contribution in [2.24, 2.45) is 5.73 Å². The summed E-state index contributed by atoms with van der Waals surface area (Å²) < 4.78 is 0. The fourth-order valence-electron chi connectivity index (χ4n) is 2.04. The van der Waals surface area contributed by atoms with E-state index in [0.29, 0.717) is 5.92 Å². The van der Waals surface area contributed by atoms with Gasteiger partial charge in [0.1, 0.15) is 0 Å². The van der Waals surface area contributed by atoms with Gasteiger partial charge in [-0.2, -0.15) is 0 Å². The van der Waals surface area contributed by atoms with E-state index in [0.717, 1.165) is 0 Å². The first-order valence-corrected chi connectivity index (χ1v) is 6.05. The average molecular weight is 225 g/mol. The van der Waals surface area contributed by atoms with Crippen molar-refractivity contribution in [2.45, 2.75) is 25.8 Å². The minimum absolute atomic E-state index is 0.0545. The zero-order chi connectivity index (χ0) is 12.3. The highest BCUT2D eigenvalue weighted by Gasteiger charge is 2.16. The fraction of sp³-hybridized carbons (Fsp3) is 0.250. The van der Waals surface area contributed by atoms with Crippen molar-refractivity contribution in [3.8, 4) is 0 Å². The molecule has 0 aliphatic rings. The lowest BCUT2D eigenvalue weighted by molar-refractivity contribution is 0.598. The van der Waals surface area contributed by atoms with Gasteiger partial charge in [0.2, 0.25) is 0 Å². The number of rotatable bonds is 3. The van der Waals surface area contributed by atoms with Gasteiger partial charge in [-0.3, -0.25) is 0 Å². The Balaban J connectivity index is 2.20. The van der Waals surface area contributed by atoms with Crippen LogP contribution in [0.3, 0.4) is 0 Å². The van der Waals surface area contributed by atoms with Gasteiger partial charge < -0.3 is 5.73 Å². The molecule has 0 amide bonds. The molecule has 1 heteroatoms. The summed E-state index contributed by atoms with van der Waals surface area (Å²) in [6, 6.07) is 19.0. The van der Waals surface area contributed by atoms with E-state index in [2.05, 4.69) is 50.2 Å². The van der Waals surface area contributed by atoms with Gasteiger partial charge in [0.25, 0.3) is 0 Å². The SMILES string of the molecule is Cc1ccc(C(C)C(N)c2ccccc2)cc1. The van der Waals surface area contributed by atoms with Crippen LogP contribution < -0.4 is 5.73 Å². The van der Waals surface area contributed by atoms with Crippen molar-refractivity contribution in [3.05, 3.63) is 71.3 Å². The molecule has 0 aliphatic carbocycles. The summed E-state index contributed by atoms with van der Waals surface area (Å²) in [4.78, 5) is 0. The molecule has 2 unspecified atom stereocenters. The third kappa shape index (κ3) is 2.75. The highest BCUT2D eigenvalue weighted by Crippen LogP contribution is 2.28. The summed E-state index contributed by atoms with van der Waals surface area (Å²) >= 11 is 0. The van der Waals surface area contributed by atoms with Crippen LogP contribution in [-0.4, -0.2) is 0 Å². The summed E-state index contributed by atoms with van der Waals surface area (Å²) in [6.45, 7) is 4.29. The predicted molar refractivity (Wildman–Crippen MR) is 73.0 cm³/mol. The average Bonchev–Trinajstić information content (AvgIpc) is 2.39. The number of benzene rings is 2. The van der Waals surface area contributed by atoms with Crippen molar-refractivity contribution in [1.82, 2.24) is 0 Å². The first-order chi connectivity index (χ1) is 8.18. The summed E-state index contributed by atoms with van der Waals surface area (Å²) in [5.74, 6) is 0.331. The molecule has 0 heterocycles. The number of aryl methyl sites for hydroxylation is 1. The summed E-state index contributed by atoms with van der Waals surface area (Å²) in [5.41, 5.74) is 10.1. The van der Waals surface area contributed by atoms with Crippen LogP contribution in [0.15, 0.2) is 54.6 Å². The molecule has 2 aromatic rings. The van der Waals surface area contributed by atoms with Gasteiger partial charge in [-0.1, -0.05) is 67.1 Å². The molecule has 1 nitrogen and oxygen atoms in total.